The van der Waals surface area contributed by atoms with E-state index in [1.54, 1.807) is 4.90 Å². The van der Waals surface area contributed by atoms with Crippen LogP contribution < -0.4 is 5.32 Å². The summed E-state index contributed by atoms with van der Waals surface area (Å²) in [4.78, 5) is 13.9. The van der Waals surface area contributed by atoms with Crippen LogP contribution in [-0.4, -0.2) is 46.5 Å². The van der Waals surface area contributed by atoms with E-state index in [1.165, 1.54) is 10.9 Å². The van der Waals surface area contributed by atoms with E-state index < -0.39 is 12.5 Å². The molecule has 1 atom stereocenters. The molecule has 0 saturated carbocycles. The number of halogens is 2. The summed E-state index contributed by atoms with van der Waals surface area (Å²) in [5.41, 5.74) is -0.172. The lowest BCUT2D eigenvalue weighted by atomic mass is 10.2. The van der Waals surface area contributed by atoms with Gasteiger partial charge < -0.3 is 15.0 Å². The summed E-state index contributed by atoms with van der Waals surface area (Å²) < 4.78 is 33.4. The number of amides is 2. The molecule has 2 amide bonds. The van der Waals surface area contributed by atoms with E-state index in [2.05, 4.69) is 10.4 Å². The van der Waals surface area contributed by atoms with Crippen molar-refractivity contribution in [3.8, 4) is 0 Å². The van der Waals surface area contributed by atoms with E-state index in [1.807, 2.05) is 20.8 Å². The Morgan fingerprint density at radius 2 is 2.26 bits per heavy atom. The molecule has 1 unspecified atom stereocenters. The minimum atomic E-state index is -2.70. The molecule has 130 valence electrons. The third kappa shape index (κ3) is 4.63. The fourth-order valence-electron chi connectivity index (χ4n) is 2.59. The monoisotopic (exact) mass is 330 g/mol. The Labute approximate surface area is 134 Å². The van der Waals surface area contributed by atoms with Gasteiger partial charge in [-0.05, 0) is 19.3 Å². The van der Waals surface area contributed by atoms with Crippen LogP contribution in [0.1, 0.15) is 39.3 Å². The number of nitrogens with one attached hydrogen (secondary N) is 1. The standard InChI is InChI=1S/C15H24F2N4O2/c1-10(2)8-21-13(14(16)17)12(7-18-21)19-15(22)20-5-4-6-23-11(3)9-20/h7,10-11,14H,4-6,8-9H2,1-3H3,(H,19,22). The molecule has 2 heterocycles. The van der Waals surface area contributed by atoms with Crippen LogP contribution in [0.4, 0.5) is 19.3 Å². The number of carbonyl (C=O) groups is 1. The predicted molar refractivity (Wildman–Crippen MR) is 82.6 cm³/mol. The van der Waals surface area contributed by atoms with Gasteiger partial charge in [-0.1, -0.05) is 13.8 Å². The van der Waals surface area contributed by atoms with E-state index >= 15 is 0 Å². The first-order valence-corrected chi connectivity index (χ1v) is 7.89. The molecule has 0 radical (unpaired) electrons. The number of aromatic nitrogens is 2. The first kappa shape index (κ1) is 17.7. The number of urea groups is 1. The molecule has 1 aromatic rings. The molecule has 23 heavy (non-hydrogen) atoms. The second kappa shape index (κ2) is 7.72. The first-order valence-electron chi connectivity index (χ1n) is 7.89. The van der Waals surface area contributed by atoms with Crippen molar-refractivity contribution in [1.29, 1.82) is 0 Å². The summed E-state index contributed by atoms with van der Waals surface area (Å²) in [5, 5.41) is 6.56. The Balaban J connectivity index is 2.12. The van der Waals surface area contributed by atoms with Gasteiger partial charge in [0.25, 0.3) is 6.43 Å². The zero-order valence-electron chi connectivity index (χ0n) is 13.8. The zero-order chi connectivity index (χ0) is 17.0. The molecule has 1 aliphatic heterocycles. The number of hydrogen-bond acceptors (Lipinski definition) is 3. The maximum atomic E-state index is 13.3. The summed E-state index contributed by atoms with van der Waals surface area (Å²) in [6.45, 7) is 7.69. The lowest BCUT2D eigenvalue weighted by molar-refractivity contribution is 0.0718. The Morgan fingerprint density at radius 3 is 2.91 bits per heavy atom. The topological polar surface area (TPSA) is 59.4 Å². The fourth-order valence-corrected chi connectivity index (χ4v) is 2.59. The summed E-state index contributed by atoms with van der Waals surface area (Å²) in [7, 11) is 0. The molecule has 1 aliphatic rings. The highest BCUT2D eigenvalue weighted by Crippen LogP contribution is 2.28. The van der Waals surface area contributed by atoms with Crippen LogP contribution in [0.3, 0.4) is 0 Å². The van der Waals surface area contributed by atoms with Crippen LogP contribution in [0.15, 0.2) is 6.20 Å². The summed E-state index contributed by atoms with van der Waals surface area (Å²) in [6.07, 6.45) is -0.745. The molecule has 1 saturated heterocycles. The highest BCUT2D eigenvalue weighted by molar-refractivity contribution is 5.89. The van der Waals surface area contributed by atoms with E-state index in [4.69, 9.17) is 4.74 Å². The van der Waals surface area contributed by atoms with Gasteiger partial charge in [-0.3, -0.25) is 4.68 Å². The van der Waals surface area contributed by atoms with Gasteiger partial charge in [0.1, 0.15) is 5.69 Å². The first-order chi connectivity index (χ1) is 10.9. The van der Waals surface area contributed by atoms with Crippen molar-refractivity contribution in [2.75, 3.05) is 25.0 Å². The van der Waals surface area contributed by atoms with Gasteiger partial charge >= 0.3 is 6.03 Å². The zero-order valence-corrected chi connectivity index (χ0v) is 13.8. The van der Waals surface area contributed by atoms with Crippen molar-refractivity contribution in [1.82, 2.24) is 14.7 Å². The summed E-state index contributed by atoms with van der Waals surface area (Å²) in [6, 6.07) is -0.395. The number of nitrogens with zero attached hydrogens (tertiary/aromatic N) is 3. The van der Waals surface area contributed by atoms with E-state index in [0.717, 1.165) is 6.42 Å². The van der Waals surface area contributed by atoms with Crippen molar-refractivity contribution < 1.29 is 18.3 Å². The van der Waals surface area contributed by atoms with Crippen LogP contribution >= 0.6 is 0 Å². The van der Waals surface area contributed by atoms with Crippen LogP contribution in [-0.2, 0) is 11.3 Å². The SMILES string of the molecule is CC(C)Cn1ncc(NC(=O)N2CCCOC(C)C2)c1C(F)F. The molecule has 1 fully saturated rings. The Kier molecular flexibility index (Phi) is 5.92. The molecule has 2 rings (SSSR count). The maximum absolute atomic E-state index is 13.3. The van der Waals surface area contributed by atoms with Gasteiger partial charge in [-0.2, -0.15) is 5.10 Å². The minimum Gasteiger partial charge on any atom is -0.377 e. The fraction of sp³-hybridized carbons (Fsp3) is 0.733. The third-order valence-electron chi connectivity index (χ3n) is 3.61. The lowest BCUT2D eigenvalue weighted by Crippen LogP contribution is -2.39. The van der Waals surface area contributed by atoms with Gasteiger partial charge in [0, 0.05) is 26.2 Å². The average molecular weight is 330 g/mol. The van der Waals surface area contributed by atoms with Crippen molar-refractivity contribution in [2.24, 2.45) is 5.92 Å². The number of hydrogen-bond donors (Lipinski definition) is 1. The number of anilines is 1. The third-order valence-corrected chi connectivity index (χ3v) is 3.61. The van der Waals surface area contributed by atoms with Crippen molar-refractivity contribution in [3.05, 3.63) is 11.9 Å². The van der Waals surface area contributed by atoms with E-state index in [9.17, 15) is 13.6 Å². The molecule has 1 N–H and O–H groups in total. The van der Waals surface area contributed by atoms with Crippen LogP contribution in [0.25, 0.3) is 0 Å². The summed E-state index contributed by atoms with van der Waals surface area (Å²) >= 11 is 0. The number of rotatable bonds is 4. The van der Waals surface area contributed by atoms with Crippen molar-refractivity contribution in [3.63, 3.8) is 0 Å². The molecule has 0 aromatic carbocycles. The molecule has 0 spiro atoms. The van der Waals surface area contributed by atoms with Gasteiger partial charge in [-0.25, -0.2) is 13.6 Å². The van der Waals surface area contributed by atoms with Gasteiger partial charge in [0.2, 0.25) is 0 Å². The highest BCUT2D eigenvalue weighted by atomic mass is 19.3. The lowest BCUT2D eigenvalue weighted by Gasteiger charge is -2.22. The number of alkyl halides is 2. The molecular weight excluding hydrogens is 306 g/mol. The minimum absolute atomic E-state index is 0.0681. The van der Waals surface area contributed by atoms with E-state index in [0.29, 0.717) is 26.2 Å². The molecule has 8 heteroatoms. The number of carbonyl (C=O) groups excluding carboxylic acids is 1. The second-order valence-electron chi connectivity index (χ2n) is 6.23. The molecule has 0 bridgehead atoms. The van der Waals surface area contributed by atoms with Crippen LogP contribution in [0.2, 0.25) is 0 Å². The average Bonchev–Trinajstić information content (AvgIpc) is 2.70. The quantitative estimate of drug-likeness (QED) is 0.923. The molecule has 6 nitrogen and oxygen atoms in total. The van der Waals surface area contributed by atoms with Crippen molar-refractivity contribution in [2.45, 2.75) is 46.3 Å². The van der Waals surface area contributed by atoms with Gasteiger partial charge in [0.15, 0.2) is 0 Å². The van der Waals surface area contributed by atoms with Crippen molar-refractivity contribution >= 4 is 11.7 Å². The molecular formula is C15H24F2N4O2. The Hall–Kier alpha value is -1.70. The predicted octanol–water partition coefficient (Wildman–Crippen LogP) is 3.12. The van der Waals surface area contributed by atoms with E-state index in [-0.39, 0.29) is 23.4 Å². The molecule has 0 aliphatic carbocycles. The van der Waals surface area contributed by atoms with Gasteiger partial charge in [0.05, 0.1) is 18.0 Å². The number of ether oxygens (including phenoxy) is 1. The normalized spacial score (nSPS) is 19.3. The summed E-state index contributed by atoms with van der Waals surface area (Å²) in [5.74, 6) is 0.180. The largest absolute Gasteiger partial charge is 0.377 e. The second-order valence-corrected chi connectivity index (χ2v) is 6.23. The van der Waals surface area contributed by atoms with Gasteiger partial charge in [-0.15, -0.1) is 0 Å². The molecule has 1 aromatic heterocycles. The Morgan fingerprint density at radius 1 is 1.52 bits per heavy atom. The highest BCUT2D eigenvalue weighted by Gasteiger charge is 2.25. The van der Waals surface area contributed by atoms with Crippen LogP contribution in [0, 0.1) is 5.92 Å². The maximum Gasteiger partial charge on any atom is 0.322 e. The Bertz CT molecular complexity index is 534. The smallest absolute Gasteiger partial charge is 0.322 e. The van der Waals surface area contributed by atoms with Crippen LogP contribution in [0.5, 0.6) is 0 Å².